The van der Waals surface area contributed by atoms with E-state index in [0.717, 1.165) is 89.9 Å². The SMILES string of the molecule is C[C@]12CC[C@H]3[C@@H](CC=C4C[C@](O)(CCC5CC(=O)[C@@]6(C)CC[C@H]7[C@@H](CC=C8CC(=O)CC[C@@H]87)[C@H]56)CC[C@@H]43)[C@@H]1CCC2=O. The van der Waals surface area contributed by atoms with E-state index < -0.39 is 5.60 Å². The number of aliphatic hydroxyl groups is 1. The Morgan fingerprint density at radius 3 is 2.31 bits per heavy atom. The second kappa shape index (κ2) is 9.72. The van der Waals surface area contributed by atoms with Crippen LogP contribution in [0.2, 0.25) is 0 Å². The van der Waals surface area contributed by atoms with E-state index in [4.69, 9.17) is 0 Å². The topological polar surface area (TPSA) is 71.4 Å². The van der Waals surface area contributed by atoms with Gasteiger partial charge in [0.25, 0.3) is 0 Å². The Morgan fingerprint density at radius 1 is 0.762 bits per heavy atom. The van der Waals surface area contributed by atoms with Crippen molar-refractivity contribution < 1.29 is 19.5 Å². The molecule has 228 valence electrons. The molecule has 0 spiro atoms. The number of fused-ring (bicyclic) bond motifs is 10. The summed E-state index contributed by atoms with van der Waals surface area (Å²) in [6.07, 6.45) is 21.0. The molecule has 4 nitrogen and oxygen atoms in total. The quantitative estimate of drug-likeness (QED) is 0.354. The molecular weight excluding hydrogens is 520 g/mol. The smallest absolute Gasteiger partial charge is 0.139 e. The zero-order valence-corrected chi connectivity index (χ0v) is 26.0. The number of allylic oxidation sites excluding steroid dienone is 3. The van der Waals surface area contributed by atoms with Crippen molar-refractivity contribution in [2.75, 3.05) is 0 Å². The maximum atomic E-state index is 13.6. The monoisotopic (exact) mass is 572 g/mol. The van der Waals surface area contributed by atoms with Crippen LogP contribution in [0, 0.1) is 64.1 Å². The molecule has 0 aromatic heterocycles. The molecule has 12 atom stereocenters. The summed E-state index contributed by atoms with van der Waals surface area (Å²) >= 11 is 0. The van der Waals surface area contributed by atoms with Gasteiger partial charge in [0.1, 0.15) is 17.3 Å². The number of rotatable bonds is 3. The zero-order valence-electron chi connectivity index (χ0n) is 26.0. The molecule has 0 aromatic rings. The Bertz CT molecular complexity index is 1260. The van der Waals surface area contributed by atoms with Crippen LogP contribution in [0.5, 0.6) is 0 Å². The molecule has 8 aliphatic rings. The predicted octanol–water partition coefficient (Wildman–Crippen LogP) is 7.58. The number of hydrogen-bond donors (Lipinski definition) is 1. The summed E-state index contributed by atoms with van der Waals surface area (Å²) in [6.45, 7) is 4.53. The molecule has 0 aliphatic heterocycles. The van der Waals surface area contributed by atoms with Crippen molar-refractivity contribution in [3.05, 3.63) is 23.3 Å². The van der Waals surface area contributed by atoms with Crippen LogP contribution in [0.25, 0.3) is 0 Å². The first-order valence-corrected chi connectivity index (χ1v) is 17.8. The second-order valence-electron chi connectivity index (χ2n) is 17.0. The minimum atomic E-state index is -0.638. The molecule has 0 radical (unpaired) electrons. The van der Waals surface area contributed by atoms with Gasteiger partial charge in [0.15, 0.2) is 0 Å². The lowest BCUT2D eigenvalue weighted by Crippen LogP contribution is -2.48. The maximum absolute atomic E-state index is 13.6. The van der Waals surface area contributed by atoms with Gasteiger partial charge in [0, 0.05) is 36.5 Å². The van der Waals surface area contributed by atoms with E-state index in [1.807, 2.05) is 0 Å². The number of hydrogen-bond acceptors (Lipinski definition) is 4. The minimum absolute atomic E-state index is 0.0721. The van der Waals surface area contributed by atoms with E-state index >= 15 is 0 Å². The molecule has 0 bridgehead atoms. The molecule has 0 amide bonds. The Hall–Kier alpha value is -1.55. The Balaban J connectivity index is 0.969. The third kappa shape index (κ3) is 4.05. The molecule has 1 unspecified atom stereocenters. The van der Waals surface area contributed by atoms with E-state index in [1.165, 1.54) is 17.6 Å². The standard InChI is InChI=1S/C38H52O4/c1-36-15-12-28-27-14-18-38(42,21-24(27)4-6-30(28)32(36)9-10-33(36)40)17-11-23-20-34(41)37(2)16-13-29-26-8-5-25(39)19-22(26)3-7-31(29)35(23)37/h3-4,23,26-32,35,42H,5-21H2,1-2H3/t23?,26-,27-,28+,29+,30+,31+,32-,35-,36-,37+,38-/m0/s1. The van der Waals surface area contributed by atoms with Gasteiger partial charge in [-0.25, -0.2) is 0 Å². The van der Waals surface area contributed by atoms with Gasteiger partial charge in [0.2, 0.25) is 0 Å². The highest BCUT2D eigenvalue weighted by Gasteiger charge is 2.60. The summed E-state index contributed by atoms with van der Waals surface area (Å²) in [5.41, 5.74) is 2.02. The molecule has 0 heterocycles. The summed E-state index contributed by atoms with van der Waals surface area (Å²) < 4.78 is 0. The molecule has 6 fully saturated rings. The fourth-order valence-electron chi connectivity index (χ4n) is 13.2. The number of Topliss-reactive ketones (excluding diaryl/α,β-unsaturated/α-hetero) is 3. The average molecular weight is 573 g/mol. The van der Waals surface area contributed by atoms with Gasteiger partial charge in [0.05, 0.1) is 5.60 Å². The van der Waals surface area contributed by atoms with Crippen molar-refractivity contribution in [2.45, 2.75) is 129 Å². The van der Waals surface area contributed by atoms with E-state index in [-0.39, 0.29) is 10.8 Å². The maximum Gasteiger partial charge on any atom is 0.139 e. The normalized spacial score (nSPS) is 51.4. The molecule has 8 aliphatic carbocycles. The number of carbonyl (C=O) groups excluding carboxylic acids is 3. The third-order valence-corrected chi connectivity index (χ3v) is 15.4. The van der Waals surface area contributed by atoms with E-state index in [1.54, 1.807) is 0 Å². The van der Waals surface area contributed by atoms with Crippen LogP contribution in [-0.2, 0) is 14.4 Å². The lowest BCUT2D eigenvalue weighted by atomic mass is 9.51. The van der Waals surface area contributed by atoms with Gasteiger partial charge in [-0.1, -0.05) is 37.1 Å². The molecule has 1 N–H and O–H groups in total. The summed E-state index contributed by atoms with van der Waals surface area (Å²) in [6, 6.07) is 0. The van der Waals surface area contributed by atoms with Crippen LogP contribution < -0.4 is 0 Å². The summed E-state index contributed by atoms with van der Waals surface area (Å²) in [5.74, 6) is 6.50. The fourth-order valence-corrected chi connectivity index (χ4v) is 13.2. The zero-order chi connectivity index (χ0) is 29.0. The highest BCUT2D eigenvalue weighted by Crippen LogP contribution is 2.64. The summed E-state index contributed by atoms with van der Waals surface area (Å²) in [4.78, 5) is 38.5. The van der Waals surface area contributed by atoms with E-state index in [9.17, 15) is 19.5 Å². The van der Waals surface area contributed by atoms with E-state index in [2.05, 4.69) is 26.0 Å². The van der Waals surface area contributed by atoms with Gasteiger partial charge >= 0.3 is 0 Å². The molecular formula is C38H52O4. The van der Waals surface area contributed by atoms with E-state index in [0.29, 0.717) is 83.5 Å². The number of carbonyl (C=O) groups is 3. The van der Waals surface area contributed by atoms with Crippen molar-refractivity contribution in [3.63, 3.8) is 0 Å². The lowest BCUT2D eigenvalue weighted by molar-refractivity contribution is -0.131. The fraction of sp³-hybridized carbons (Fsp3) is 0.816. The first-order chi connectivity index (χ1) is 20.1. The molecule has 8 rings (SSSR count). The lowest BCUT2D eigenvalue weighted by Gasteiger charge is -2.53. The first kappa shape index (κ1) is 28.0. The Kier molecular flexibility index (Phi) is 6.47. The van der Waals surface area contributed by atoms with Crippen molar-refractivity contribution in [1.29, 1.82) is 0 Å². The first-order valence-electron chi connectivity index (χ1n) is 17.8. The largest absolute Gasteiger partial charge is 0.390 e. The highest BCUT2D eigenvalue weighted by molar-refractivity contribution is 5.88. The van der Waals surface area contributed by atoms with Gasteiger partial charge in [-0.05, 0) is 137 Å². The Labute approximate surface area is 252 Å². The third-order valence-electron chi connectivity index (χ3n) is 15.4. The molecule has 4 heteroatoms. The van der Waals surface area contributed by atoms with Crippen molar-refractivity contribution in [2.24, 2.45) is 64.1 Å². The van der Waals surface area contributed by atoms with Crippen LogP contribution in [0.3, 0.4) is 0 Å². The van der Waals surface area contributed by atoms with Crippen LogP contribution in [0.1, 0.15) is 123 Å². The predicted molar refractivity (Wildman–Crippen MR) is 162 cm³/mol. The van der Waals surface area contributed by atoms with Crippen molar-refractivity contribution in [1.82, 2.24) is 0 Å². The molecule has 0 saturated heterocycles. The van der Waals surface area contributed by atoms with Crippen molar-refractivity contribution >= 4 is 17.3 Å². The molecule has 0 aromatic carbocycles. The van der Waals surface area contributed by atoms with Crippen LogP contribution in [-0.4, -0.2) is 28.1 Å². The second-order valence-corrected chi connectivity index (χ2v) is 17.0. The van der Waals surface area contributed by atoms with Gasteiger partial charge in [-0.15, -0.1) is 0 Å². The average Bonchev–Trinajstić information content (AvgIpc) is 3.42. The highest BCUT2D eigenvalue weighted by atomic mass is 16.3. The summed E-state index contributed by atoms with van der Waals surface area (Å²) in [7, 11) is 0. The van der Waals surface area contributed by atoms with Gasteiger partial charge in [-0.3, -0.25) is 14.4 Å². The van der Waals surface area contributed by atoms with Gasteiger partial charge < -0.3 is 5.11 Å². The molecule has 6 saturated carbocycles. The summed E-state index contributed by atoms with van der Waals surface area (Å²) in [5, 5.41) is 12.0. The van der Waals surface area contributed by atoms with Crippen molar-refractivity contribution in [3.8, 4) is 0 Å². The van der Waals surface area contributed by atoms with Gasteiger partial charge in [-0.2, -0.15) is 0 Å². The number of ketones is 3. The van der Waals surface area contributed by atoms with Crippen LogP contribution >= 0.6 is 0 Å². The molecule has 42 heavy (non-hydrogen) atoms. The van der Waals surface area contributed by atoms with Crippen LogP contribution in [0.4, 0.5) is 0 Å². The minimum Gasteiger partial charge on any atom is -0.390 e. The van der Waals surface area contributed by atoms with Crippen LogP contribution in [0.15, 0.2) is 23.3 Å². The Morgan fingerprint density at radius 2 is 1.48 bits per heavy atom.